The molecule has 1 unspecified atom stereocenters. The average molecular weight is 228 g/mol. The van der Waals surface area contributed by atoms with Crippen LogP contribution in [0.2, 0.25) is 0 Å². The standard InChI is InChI=1S/C11H20N2OS/c1-9-8-15-11(13-9)7-10(12-2)5-4-6-14-3/h8,10,12H,4-7H2,1-3H3. The Morgan fingerprint density at radius 3 is 2.93 bits per heavy atom. The van der Waals surface area contributed by atoms with Crippen molar-refractivity contribution in [3.63, 3.8) is 0 Å². The van der Waals surface area contributed by atoms with E-state index in [9.17, 15) is 0 Å². The summed E-state index contributed by atoms with van der Waals surface area (Å²) in [5, 5.41) is 6.66. The van der Waals surface area contributed by atoms with Gasteiger partial charge in [0.25, 0.3) is 0 Å². The van der Waals surface area contributed by atoms with E-state index in [0.717, 1.165) is 31.6 Å². The highest BCUT2D eigenvalue weighted by molar-refractivity contribution is 7.09. The number of nitrogens with one attached hydrogen (secondary N) is 1. The van der Waals surface area contributed by atoms with Gasteiger partial charge in [-0.25, -0.2) is 4.98 Å². The van der Waals surface area contributed by atoms with Crippen LogP contribution in [0.4, 0.5) is 0 Å². The Balaban J connectivity index is 2.33. The SMILES string of the molecule is CNC(CCCOC)Cc1nc(C)cs1. The van der Waals surface area contributed by atoms with Gasteiger partial charge in [-0.1, -0.05) is 0 Å². The number of nitrogens with zero attached hydrogens (tertiary/aromatic N) is 1. The van der Waals surface area contributed by atoms with Gasteiger partial charge in [0.1, 0.15) is 0 Å². The molecule has 0 aromatic carbocycles. The van der Waals surface area contributed by atoms with E-state index in [-0.39, 0.29) is 0 Å². The predicted molar refractivity (Wildman–Crippen MR) is 64.5 cm³/mol. The lowest BCUT2D eigenvalue weighted by molar-refractivity contribution is 0.189. The molecule has 0 bridgehead atoms. The normalized spacial score (nSPS) is 13.0. The highest BCUT2D eigenvalue weighted by Gasteiger charge is 2.09. The number of aryl methyl sites for hydroxylation is 1. The molecule has 0 aliphatic carbocycles. The molecule has 1 rings (SSSR count). The second kappa shape index (κ2) is 6.93. The number of ether oxygens (including phenoxy) is 1. The number of aromatic nitrogens is 1. The van der Waals surface area contributed by atoms with Crippen LogP contribution in [-0.4, -0.2) is 31.8 Å². The monoisotopic (exact) mass is 228 g/mol. The first-order chi connectivity index (χ1) is 7.26. The van der Waals surface area contributed by atoms with E-state index < -0.39 is 0 Å². The molecule has 0 saturated carbocycles. The van der Waals surface area contributed by atoms with Crippen molar-refractivity contribution >= 4 is 11.3 Å². The molecule has 0 radical (unpaired) electrons. The molecular formula is C11H20N2OS. The van der Waals surface area contributed by atoms with Crippen molar-refractivity contribution in [2.75, 3.05) is 20.8 Å². The van der Waals surface area contributed by atoms with Gasteiger partial charge in [-0.05, 0) is 26.8 Å². The summed E-state index contributed by atoms with van der Waals surface area (Å²) in [4.78, 5) is 4.47. The fourth-order valence-corrected chi connectivity index (χ4v) is 2.38. The Bertz CT molecular complexity index is 275. The van der Waals surface area contributed by atoms with E-state index in [0.29, 0.717) is 6.04 Å². The Morgan fingerprint density at radius 2 is 2.40 bits per heavy atom. The molecular weight excluding hydrogens is 208 g/mol. The van der Waals surface area contributed by atoms with Crippen LogP contribution in [0.5, 0.6) is 0 Å². The molecule has 0 fully saturated rings. The van der Waals surface area contributed by atoms with Crippen LogP contribution in [0.3, 0.4) is 0 Å². The van der Waals surface area contributed by atoms with Gasteiger partial charge in [-0.3, -0.25) is 0 Å². The van der Waals surface area contributed by atoms with Gasteiger partial charge in [0, 0.05) is 37.3 Å². The topological polar surface area (TPSA) is 34.1 Å². The number of hydrogen-bond donors (Lipinski definition) is 1. The highest BCUT2D eigenvalue weighted by atomic mass is 32.1. The maximum absolute atomic E-state index is 5.05. The molecule has 1 aromatic heterocycles. The van der Waals surface area contributed by atoms with E-state index in [1.54, 1.807) is 18.4 Å². The third-order valence-electron chi connectivity index (χ3n) is 2.40. The fraction of sp³-hybridized carbons (Fsp3) is 0.727. The summed E-state index contributed by atoms with van der Waals surface area (Å²) in [7, 11) is 3.76. The smallest absolute Gasteiger partial charge is 0.0943 e. The first-order valence-corrected chi connectivity index (χ1v) is 6.21. The zero-order chi connectivity index (χ0) is 11.1. The van der Waals surface area contributed by atoms with Gasteiger partial charge in [0.2, 0.25) is 0 Å². The molecule has 86 valence electrons. The molecule has 1 heterocycles. The predicted octanol–water partition coefficient (Wildman–Crippen LogP) is 2.01. The number of rotatable bonds is 7. The summed E-state index contributed by atoms with van der Waals surface area (Å²) >= 11 is 1.75. The van der Waals surface area contributed by atoms with Crippen molar-refractivity contribution in [3.8, 4) is 0 Å². The zero-order valence-corrected chi connectivity index (χ0v) is 10.6. The summed E-state index contributed by atoms with van der Waals surface area (Å²) in [6, 6.07) is 0.519. The minimum absolute atomic E-state index is 0.519. The van der Waals surface area contributed by atoms with Crippen molar-refractivity contribution in [2.45, 2.75) is 32.2 Å². The third-order valence-corrected chi connectivity index (χ3v) is 3.39. The van der Waals surface area contributed by atoms with Crippen LogP contribution < -0.4 is 5.32 Å². The summed E-state index contributed by atoms with van der Waals surface area (Å²) in [6.07, 6.45) is 3.27. The lowest BCUT2D eigenvalue weighted by Gasteiger charge is -2.14. The first-order valence-electron chi connectivity index (χ1n) is 5.33. The quantitative estimate of drug-likeness (QED) is 0.725. The lowest BCUT2D eigenvalue weighted by Crippen LogP contribution is -2.27. The zero-order valence-electron chi connectivity index (χ0n) is 9.75. The Hall–Kier alpha value is -0.450. The molecule has 1 N–H and O–H groups in total. The Kier molecular flexibility index (Phi) is 5.83. The number of methoxy groups -OCH3 is 1. The maximum Gasteiger partial charge on any atom is 0.0943 e. The third kappa shape index (κ3) is 4.73. The molecule has 0 aliphatic heterocycles. The Morgan fingerprint density at radius 1 is 1.60 bits per heavy atom. The first kappa shape index (κ1) is 12.6. The molecule has 4 heteroatoms. The Labute approximate surface area is 95.9 Å². The molecule has 3 nitrogen and oxygen atoms in total. The van der Waals surface area contributed by atoms with Crippen molar-refractivity contribution in [2.24, 2.45) is 0 Å². The van der Waals surface area contributed by atoms with Crippen LogP contribution in [0.15, 0.2) is 5.38 Å². The number of hydrogen-bond acceptors (Lipinski definition) is 4. The van der Waals surface area contributed by atoms with Crippen LogP contribution in [0.1, 0.15) is 23.5 Å². The molecule has 0 amide bonds. The van der Waals surface area contributed by atoms with Crippen LogP contribution in [0, 0.1) is 6.92 Å². The summed E-state index contributed by atoms with van der Waals surface area (Å²) in [6.45, 7) is 2.88. The molecule has 1 aromatic rings. The van der Waals surface area contributed by atoms with Crippen LogP contribution in [0.25, 0.3) is 0 Å². The molecule has 0 saturated heterocycles. The minimum atomic E-state index is 0.519. The molecule has 0 aliphatic rings. The molecule has 15 heavy (non-hydrogen) atoms. The van der Waals surface area contributed by atoms with E-state index >= 15 is 0 Å². The van der Waals surface area contributed by atoms with Crippen molar-refractivity contribution in [1.82, 2.24) is 10.3 Å². The largest absolute Gasteiger partial charge is 0.385 e. The van der Waals surface area contributed by atoms with E-state index in [2.05, 4.69) is 15.7 Å². The van der Waals surface area contributed by atoms with Gasteiger partial charge in [0.05, 0.1) is 5.01 Å². The average Bonchev–Trinajstić information content (AvgIpc) is 2.63. The molecule has 0 spiro atoms. The second-order valence-corrected chi connectivity index (χ2v) is 4.65. The summed E-state index contributed by atoms with van der Waals surface area (Å²) in [5.74, 6) is 0. The van der Waals surface area contributed by atoms with Crippen molar-refractivity contribution in [1.29, 1.82) is 0 Å². The number of likely N-dealkylation sites (N-methyl/N-ethyl adjacent to an activating group) is 1. The van der Waals surface area contributed by atoms with Gasteiger partial charge >= 0.3 is 0 Å². The second-order valence-electron chi connectivity index (χ2n) is 3.71. The van der Waals surface area contributed by atoms with Gasteiger partial charge in [-0.2, -0.15) is 0 Å². The lowest BCUT2D eigenvalue weighted by atomic mass is 10.1. The summed E-state index contributed by atoms with van der Waals surface area (Å²) < 4.78 is 5.05. The van der Waals surface area contributed by atoms with Gasteiger partial charge in [-0.15, -0.1) is 11.3 Å². The number of thiazole rings is 1. The van der Waals surface area contributed by atoms with Crippen LogP contribution in [-0.2, 0) is 11.2 Å². The fourth-order valence-electron chi connectivity index (χ4n) is 1.53. The van der Waals surface area contributed by atoms with Gasteiger partial charge in [0.15, 0.2) is 0 Å². The summed E-state index contributed by atoms with van der Waals surface area (Å²) in [5.41, 5.74) is 1.13. The highest BCUT2D eigenvalue weighted by Crippen LogP contribution is 2.13. The van der Waals surface area contributed by atoms with Crippen molar-refractivity contribution in [3.05, 3.63) is 16.1 Å². The maximum atomic E-state index is 5.05. The van der Waals surface area contributed by atoms with E-state index in [4.69, 9.17) is 4.74 Å². The van der Waals surface area contributed by atoms with Crippen LogP contribution >= 0.6 is 11.3 Å². The van der Waals surface area contributed by atoms with Crippen molar-refractivity contribution < 1.29 is 4.74 Å². The minimum Gasteiger partial charge on any atom is -0.385 e. The molecule has 1 atom stereocenters. The van der Waals surface area contributed by atoms with Gasteiger partial charge < -0.3 is 10.1 Å². The van der Waals surface area contributed by atoms with E-state index in [1.807, 2.05) is 14.0 Å². The van der Waals surface area contributed by atoms with E-state index in [1.165, 1.54) is 5.01 Å².